The molecule has 1 fully saturated rings. The van der Waals surface area contributed by atoms with Gasteiger partial charge < -0.3 is 5.32 Å². The molecule has 7 heteroatoms. The highest BCUT2D eigenvalue weighted by Crippen LogP contribution is 2.37. The Balaban J connectivity index is 1.69. The summed E-state index contributed by atoms with van der Waals surface area (Å²) in [4.78, 5) is 16.2. The maximum Gasteiger partial charge on any atom is 0.344 e. The highest BCUT2D eigenvalue weighted by molar-refractivity contribution is 7.99. The van der Waals surface area contributed by atoms with Crippen molar-refractivity contribution in [1.29, 1.82) is 0 Å². The Hall–Kier alpha value is -1.60. The van der Waals surface area contributed by atoms with Gasteiger partial charge >= 0.3 is 5.69 Å². The quantitative estimate of drug-likeness (QED) is 0.853. The van der Waals surface area contributed by atoms with Crippen LogP contribution in [0.2, 0.25) is 0 Å². The second-order valence-corrected chi connectivity index (χ2v) is 6.54. The minimum absolute atomic E-state index is 0.127. The van der Waals surface area contributed by atoms with Crippen LogP contribution in [0.3, 0.4) is 0 Å². The van der Waals surface area contributed by atoms with Gasteiger partial charge in [-0.2, -0.15) is 0 Å². The largest absolute Gasteiger partial charge is 0.344 e. The van der Waals surface area contributed by atoms with Crippen LogP contribution in [0.5, 0.6) is 0 Å². The highest BCUT2D eigenvalue weighted by atomic mass is 32.2. The van der Waals surface area contributed by atoms with E-state index < -0.39 is 0 Å². The van der Waals surface area contributed by atoms with Gasteiger partial charge in [-0.3, -0.25) is 4.57 Å². The third kappa shape index (κ3) is 3.54. The summed E-state index contributed by atoms with van der Waals surface area (Å²) < 4.78 is 1.74. The Morgan fingerprint density at radius 1 is 1.48 bits per heavy atom. The summed E-state index contributed by atoms with van der Waals surface area (Å²) in [5.74, 6) is 0. The van der Waals surface area contributed by atoms with Crippen molar-refractivity contribution in [3.63, 3.8) is 0 Å². The Kier molecular flexibility index (Phi) is 4.12. The lowest BCUT2D eigenvalue weighted by Crippen LogP contribution is -2.21. The van der Waals surface area contributed by atoms with Crippen LogP contribution in [-0.2, 0) is 6.54 Å². The molecule has 2 heterocycles. The van der Waals surface area contributed by atoms with E-state index in [4.69, 9.17) is 0 Å². The molecule has 1 aliphatic carbocycles. The lowest BCUT2D eigenvalue weighted by molar-refractivity contribution is 0.587. The van der Waals surface area contributed by atoms with Crippen molar-refractivity contribution in [2.45, 2.75) is 55.5 Å². The molecule has 0 unspecified atom stereocenters. The van der Waals surface area contributed by atoms with E-state index in [1.165, 1.54) is 11.8 Å². The molecule has 21 heavy (non-hydrogen) atoms. The van der Waals surface area contributed by atoms with Crippen molar-refractivity contribution in [3.8, 4) is 0 Å². The van der Waals surface area contributed by atoms with Crippen molar-refractivity contribution in [2.75, 3.05) is 0 Å². The smallest absolute Gasteiger partial charge is 0.310 e. The molecular formula is C14H19N5OS. The van der Waals surface area contributed by atoms with Crippen LogP contribution in [0.4, 0.5) is 0 Å². The normalized spacial score (nSPS) is 14.8. The van der Waals surface area contributed by atoms with Crippen LogP contribution in [-0.4, -0.2) is 25.8 Å². The summed E-state index contributed by atoms with van der Waals surface area (Å²) in [6.45, 7) is 5.05. The number of hydrogen-bond acceptors (Lipinski definition) is 5. The zero-order valence-electron chi connectivity index (χ0n) is 12.2. The number of aromatic amines is 1. The Morgan fingerprint density at radius 2 is 2.29 bits per heavy atom. The highest BCUT2D eigenvalue weighted by Gasteiger charge is 2.28. The second-order valence-electron chi connectivity index (χ2n) is 5.55. The molecule has 1 aliphatic rings. The van der Waals surface area contributed by atoms with Crippen molar-refractivity contribution in [2.24, 2.45) is 0 Å². The van der Waals surface area contributed by atoms with Gasteiger partial charge in [0.25, 0.3) is 0 Å². The standard InChI is InChI=1S/C14H19N5OS/c1-9(2)15-7-10-3-6-12(16-8-10)21-14-18-17-13(20)19(14)11-4-5-11/h3,6,8-9,11,15H,4-5,7H2,1-2H3,(H,17,20). The predicted molar refractivity (Wildman–Crippen MR) is 81.5 cm³/mol. The second kappa shape index (κ2) is 6.03. The fourth-order valence-corrected chi connectivity index (χ4v) is 2.86. The lowest BCUT2D eigenvalue weighted by Gasteiger charge is -2.08. The van der Waals surface area contributed by atoms with E-state index in [9.17, 15) is 4.79 Å². The van der Waals surface area contributed by atoms with Crippen LogP contribution in [0.15, 0.2) is 33.3 Å². The van der Waals surface area contributed by atoms with E-state index in [1.54, 1.807) is 4.57 Å². The van der Waals surface area contributed by atoms with E-state index >= 15 is 0 Å². The average Bonchev–Trinajstić information content (AvgIpc) is 3.23. The van der Waals surface area contributed by atoms with Crippen LogP contribution in [0.25, 0.3) is 0 Å². The van der Waals surface area contributed by atoms with E-state index in [1.807, 2.05) is 12.3 Å². The first-order chi connectivity index (χ1) is 10.1. The Bertz CT molecular complexity index is 657. The van der Waals surface area contributed by atoms with E-state index in [2.05, 4.69) is 40.4 Å². The van der Waals surface area contributed by atoms with Gasteiger partial charge in [0, 0.05) is 24.8 Å². The fraction of sp³-hybridized carbons (Fsp3) is 0.500. The number of rotatable bonds is 6. The molecule has 2 aromatic rings. The molecule has 0 aromatic carbocycles. The molecule has 3 rings (SSSR count). The summed E-state index contributed by atoms with van der Waals surface area (Å²) in [7, 11) is 0. The van der Waals surface area contributed by atoms with Crippen molar-refractivity contribution < 1.29 is 0 Å². The predicted octanol–water partition coefficient (Wildman–Crippen LogP) is 1.95. The van der Waals surface area contributed by atoms with Crippen LogP contribution in [0.1, 0.15) is 38.3 Å². The fourth-order valence-electron chi connectivity index (χ4n) is 2.01. The summed E-state index contributed by atoms with van der Waals surface area (Å²) in [6, 6.07) is 4.79. The van der Waals surface area contributed by atoms with Gasteiger partial charge in [-0.15, -0.1) is 5.10 Å². The first kappa shape index (κ1) is 14.3. The maximum absolute atomic E-state index is 11.7. The molecule has 2 aromatic heterocycles. The van der Waals surface area contributed by atoms with Gasteiger partial charge in [0.2, 0.25) is 0 Å². The molecule has 112 valence electrons. The first-order valence-electron chi connectivity index (χ1n) is 7.16. The molecule has 2 N–H and O–H groups in total. The summed E-state index contributed by atoms with van der Waals surface area (Å²) >= 11 is 1.43. The SMILES string of the molecule is CC(C)NCc1ccc(Sc2n[nH]c(=O)n2C2CC2)nc1. The number of H-pyrrole nitrogens is 1. The lowest BCUT2D eigenvalue weighted by atomic mass is 10.2. The molecule has 0 bridgehead atoms. The molecule has 0 aliphatic heterocycles. The summed E-state index contributed by atoms with van der Waals surface area (Å²) in [5, 5.41) is 11.5. The molecular weight excluding hydrogens is 286 g/mol. The van der Waals surface area contributed by atoms with Crippen LogP contribution >= 0.6 is 11.8 Å². The van der Waals surface area contributed by atoms with Crippen molar-refractivity contribution >= 4 is 11.8 Å². The first-order valence-corrected chi connectivity index (χ1v) is 7.98. The van der Waals surface area contributed by atoms with Crippen LogP contribution in [0, 0.1) is 0 Å². The zero-order valence-corrected chi connectivity index (χ0v) is 13.0. The van der Waals surface area contributed by atoms with E-state index in [0.717, 1.165) is 30.0 Å². The molecule has 1 saturated carbocycles. The Morgan fingerprint density at radius 3 is 2.90 bits per heavy atom. The molecule has 0 amide bonds. The Labute approximate surface area is 127 Å². The number of pyridine rings is 1. The van der Waals surface area contributed by atoms with Crippen LogP contribution < -0.4 is 11.0 Å². The minimum atomic E-state index is -0.127. The van der Waals surface area contributed by atoms with E-state index in [0.29, 0.717) is 17.2 Å². The van der Waals surface area contributed by atoms with Gasteiger partial charge in [-0.1, -0.05) is 19.9 Å². The third-order valence-corrected chi connectivity index (χ3v) is 4.21. The van der Waals surface area contributed by atoms with Crippen molar-refractivity contribution in [1.82, 2.24) is 25.1 Å². The number of hydrogen-bond donors (Lipinski definition) is 2. The number of nitrogens with zero attached hydrogens (tertiary/aromatic N) is 3. The monoisotopic (exact) mass is 305 g/mol. The third-order valence-electron chi connectivity index (χ3n) is 3.29. The van der Waals surface area contributed by atoms with Gasteiger partial charge in [0.15, 0.2) is 5.16 Å². The number of aromatic nitrogens is 4. The molecule has 0 spiro atoms. The maximum atomic E-state index is 11.7. The summed E-state index contributed by atoms with van der Waals surface area (Å²) in [5.41, 5.74) is 1.02. The van der Waals surface area contributed by atoms with Gasteiger partial charge in [-0.05, 0) is 36.2 Å². The van der Waals surface area contributed by atoms with Gasteiger partial charge in [0.05, 0.1) is 0 Å². The van der Waals surface area contributed by atoms with E-state index in [-0.39, 0.29) is 5.69 Å². The molecule has 0 radical (unpaired) electrons. The molecule has 0 saturated heterocycles. The summed E-state index contributed by atoms with van der Waals surface area (Å²) in [6.07, 6.45) is 3.98. The van der Waals surface area contributed by atoms with Crippen molar-refractivity contribution in [3.05, 3.63) is 34.4 Å². The topological polar surface area (TPSA) is 75.6 Å². The van der Waals surface area contributed by atoms with Gasteiger partial charge in [0.1, 0.15) is 5.03 Å². The number of nitrogens with one attached hydrogen (secondary N) is 2. The average molecular weight is 305 g/mol. The minimum Gasteiger partial charge on any atom is -0.310 e. The zero-order chi connectivity index (χ0) is 14.8. The molecule has 0 atom stereocenters. The molecule has 6 nitrogen and oxygen atoms in total. The van der Waals surface area contributed by atoms with Gasteiger partial charge in [-0.25, -0.2) is 14.9 Å².